The third-order valence-corrected chi connectivity index (χ3v) is 6.12. The van der Waals surface area contributed by atoms with Crippen LogP contribution in [0.2, 0.25) is 0 Å². The highest BCUT2D eigenvalue weighted by molar-refractivity contribution is 5.84. The van der Waals surface area contributed by atoms with Crippen LogP contribution >= 0.6 is 0 Å². The predicted molar refractivity (Wildman–Crippen MR) is 129 cm³/mol. The minimum Gasteiger partial charge on any atom is -0.463 e. The van der Waals surface area contributed by atoms with Gasteiger partial charge in [-0.3, -0.25) is 0 Å². The Morgan fingerprint density at radius 1 is 1.23 bits per heavy atom. The van der Waals surface area contributed by atoms with Crippen LogP contribution in [-0.2, 0) is 14.9 Å². The quantitative estimate of drug-likeness (QED) is 0.264. The standard InChI is InChI=1S/C27H38FNO2/c1-9-29-14-13-27(7,8)23-17-21(18(3)4)16-22(26(23)29)20(6)24(28)12-11-19(5)15-25(30)31-10-2/h11-12,15-18H,9-10,13-14H2,1-8H3. The van der Waals surface area contributed by atoms with E-state index >= 15 is 4.39 Å². The van der Waals surface area contributed by atoms with Crippen molar-refractivity contribution in [2.75, 3.05) is 24.6 Å². The molecular formula is C27H38FNO2. The number of esters is 1. The Kier molecular flexibility index (Phi) is 8.27. The van der Waals surface area contributed by atoms with Gasteiger partial charge < -0.3 is 9.64 Å². The number of allylic oxidation sites excluding steroid dienone is 5. The van der Waals surface area contributed by atoms with E-state index in [1.165, 1.54) is 23.3 Å². The summed E-state index contributed by atoms with van der Waals surface area (Å²) in [5, 5.41) is 0. The fraction of sp³-hybridized carbons (Fsp3) is 0.519. The second kappa shape index (κ2) is 10.3. The molecule has 0 spiro atoms. The number of hydrogen-bond donors (Lipinski definition) is 0. The molecule has 4 heteroatoms. The molecule has 0 atom stereocenters. The van der Waals surface area contributed by atoms with Crippen molar-refractivity contribution in [2.24, 2.45) is 0 Å². The Balaban J connectivity index is 2.59. The summed E-state index contributed by atoms with van der Waals surface area (Å²) < 4.78 is 20.2. The van der Waals surface area contributed by atoms with Crippen molar-refractivity contribution in [3.05, 3.63) is 58.5 Å². The Labute approximate surface area is 187 Å². The second-order valence-electron chi connectivity index (χ2n) is 9.28. The molecule has 0 radical (unpaired) electrons. The first-order valence-corrected chi connectivity index (χ1v) is 11.3. The van der Waals surface area contributed by atoms with Crippen LogP contribution in [0.3, 0.4) is 0 Å². The summed E-state index contributed by atoms with van der Waals surface area (Å²) in [7, 11) is 0. The lowest BCUT2D eigenvalue weighted by atomic mass is 9.74. The second-order valence-corrected chi connectivity index (χ2v) is 9.28. The normalized spacial score (nSPS) is 17.1. The summed E-state index contributed by atoms with van der Waals surface area (Å²) in [5.41, 5.74) is 5.97. The minimum absolute atomic E-state index is 0.0478. The number of anilines is 1. The van der Waals surface area contributed by atoms with Crippen molar-refractivity contribution >= 4 is 17.2 Å². The lowest BCUT2D eigenvalue weighted by Crippen LogP contribution is -2.38. The molecule has 1 aromatic carbocycles. The van der Waals surface area contributed by atoms with Crippen LogP contribution in [0.15, 0.2) is 41.8 Å². The molecule has 0 fully saturated rings. The zero-order valence-electron chi connectivity index (χ0n) is 20.4. The van der Waals surface area contributed by atoms with Crippen molar-refractivity contribution < 1.29 is 13.9 Å². The molecule has 2 rings (SSSR count). The van der Waals surface area contributed by atoms with Gasteiger partial charge in [0.25, 0.3) is 0 Å². The third-order valence-electron chi connectivity index (χ3n) is 6.12. The number of ether oxygens (including phenoxy) is 1. The summed E-state index contributed by atoms with van der Waals surface area (Å²) >= 11 is 0. The Morgan fingerprint density at radius 2 is 1.90 bits per heavy atom. The van der Waals surface area contributed by atoms with Gasteiger partial charge in [-0.05, 0) is 79.9 Å². The highest BCUT2D eigenvalue weighted by Gasteiger charge is 2.33. The smallest absolute Gasteiger partial charge is 0.330 e. The molecule has 1 aliphatic rings. The van der Waals surface area contributed by atoms with Crippen molar-refractivity contribution in [3.63, 3.8) is 0 Å². The van der Waals surface area contributed by atoms with Gasteiger partial charge in [-0.25, -0.2) is 9.18 Å². The van der Waals surface area contributed by atoms with Gasteiger partial charge in [0.15, 0.2) is 0 Å². The first kappa shape index (κ1) is 24.9. The van der Waals surface area contributed by atoms with E-state index < -0.39 is 5.97 Å². The Hall–Kier alpha value is -2.36. The zero-order valence-corrected chi connectivity index (χ0v) is 20.4. The molecule has 3 nitrogen and oxygen atoms in total. The molecular weight excluding hydrogens is 389 g/mol. The highest BCUT2D eigenvalue weighted by Crippen LogP contribution is 2.45. The van der Waals surface area contributed by atoms with Gasteiger partial charge in [-0.1, -0.05) is 39.8 Å². The van der Waals surface area contributed by atoms with E-state index in [9.17, 15) is 4.79 Å². The van der Waals surface area contributed by atoms with Crippen LogP contribution in [0.25, 0.3) is 5.57 Å². The molecule has 0 saturated heterocycles. The van der Waals surface area contributed by atoms with Gasteiger partial charge in [0, 0.05) is 30.4 Å². The number of nitrogens with zero attached hydrogens (tertiary/aromatic N) is 1. The molecule has 0 bridgehead atoms. The summed E-state index contributed by atoms with van der Waals surface area (Å²) in [5.74, 6) is -0.345. The maximum Gasteiger partial charge on any atom is 0.330 e. The summed E-state index contributed by atoms with van der Waals surface area (Å²) in [6, 6.07) is 4.47. The SMILES string of the molecule is CCOC(=O)C=C(C)C=CC(F)=C(C)c1cc(C(C)C)cc2c1N(CC)CCC2(C)C. The molecule has 1 heterocycles. The van der Waals surface area contributed by atoms with E-state index in [1.54, 1.807) is 19.9 Å². The highest BCUT2D eigenvalue weighted by atomic mass is 19.1. The average Bonchev–Trinajstić information content (AvgIpc) is 2.71. The first-order chi connectivity index (χ1) is 14.5. The van der Waals surface area contributed by atoms with Gasteiger partial charge >= 0.3 is 5.97 Å². The molecule has 0 saturated carbocycles. The van der Waals surface area contributed by atoms with Crippen molar-refractivity contribution in [2.45, 2.75) is 73.1 Å². The maximum atomic E-state index is 15.3. The van der Waals surface area contributed by atoms with E-state index in [0.29, 0.717) is 23.7 Å². The number of carbonyl (C=O) groups is 1. The molecule has 0 N–H and O–H groups in total. The van der Waals surface area contributed by atoms with Crippen LogP contribution < -0.4 is 4.90 Å². The molecule has 1 aliphatic heterocycles. The van der Waals surface area contributed by atoms with E-state index in [1.807, 2.05) is 6.92 Å². The lowest BCUT2D eigenvalue weighted by Gasteiger charge is -2.42. The summed E-state index contributed by atoms with van der Waals surface area (Å²) in [6.45, 7) is 18.6. The molecule has 0 amide bonds. The van der Waals surface area contributed by atoms with E-state index in [4.69, 9.17) is 4.74 Å². The van der Waals surface area contributed by atoms with Gasteiger partial charge in [0.05, 0.1) is 6.61 Å². The van der Waals surface area contributed by atoms with Crippen molar-refractivity contribution in [1.82, 2.24) is 0 Å². The zero-order chi connectivity index (χ0) is 23.3. The topological polar surface area (TPSA) is 29.5 Å². The Bertz CT molecular complexity index is 906. The van der Waals surface area contributed by atoms with Gasteiger partial charge in [-0.2, -0.15) is 0 Å². The molecule has 0 unspecified atom stereocenters. The average molecular weight is 428 g/mol. The largest absolute Gasteiger partial charge is 0.463 e. The summed E-state index contributed by atoms with van der Waals surface area (Å²) in [6.07, 6.45) is 5.53. The number of hydrogen-bond acceptors (Lipinski definition) is 3. The predicted octanol–water partition coefficient (Wildman–Crippen LogP) is 7.08. The van der Waals surface area contributed by atoms with Crippen LogP contribution in [0.4, 0.5) is 10.1 Å². The number of fused-ring (bicyclic) bond motifs is 1. The molecule has 170 valence electrons. The Morgan fingerprint density at radius 3 is 2.48 bits per heavy atom. The fourth-order valence-electron chi connectivity index (χ4n) is 3.99. The van der Waals surface area contributed by atoms with E-state index in [-0.39, 0.29) is 11.2 Å². The third kappa shape index (κ3) is 5.87. The monoisotopic (exact) mass is 427 g/mol. The van der Waals surface area contributed by atoms with Crippen molar-refractivity contribution in [3.8, 4) is 0 Å². The fourth-order valence-corrected chi connectivity index (χ4v) is 3.99. The number of carbonyl (C=O) groups excluding carboxylic acids is 1. The van der Waals surface area contributed by atoms with Crippen LogP contribution in [0, 0.1) is 0 Å². The van der Waals surface area contributed by atoms with Gasteiger partial charge in [0.1, 0.15) is 5.83 Å². The van der Waals surface area contributed by atoms with Crippen LogP contribution in [-0.4, -0.2) is 25.7 Å². The number of halogens is 1. The minimum atomic E-state index is -0.412. The maximum absolute atomic E-state index is 15.3. The molecule has 0 aromatic heterocycles. The van der Waals surface area contributed by atoms with Crippen molar-refractivity contribution in [1.29, 1.82) is 0 Å². The van der Waals surface area contributed by atoms with E-state index in [2.05, 4.69) is 51.7 Å². The van der Waals surface area contributed by atoms with E-state index in [0.717, 1.165) is 30.8 Å². The number of benzene rings is 1. The van der Waals surface area contributed by atoms with Gasteiger partial charge in [-0.15, -0.1) is 0 Å². The number of rotatable bonds is 7. The van der Waals surface area contributed by atoms with Crippen LogP contribution in [0.1, 0.15) is 84.4 Å². The van der Waals surface area contributed by atoms with Gasteiger partial charge in [0.2, 0.25) is 0 Å². The first-order valence-electron chi connectivity index (χ1n) is 11.3. The molecule has 0 aliphatic carbocycles. The molecule has 31 heavy (non-hydrogen) atoms. The summed E-state index contributed by atoms with van der Waals surface area (Å²) in [4.78, 5) is 14.0. The van der Waals surface area contributed by atoms with Crippen LogP contribution in [0.5, 0.6) is 0 Å². The lowest BCUT2D eigenvalue weighted by molar-refractivity contribution is -0.137. The molecule has 1 aromatic rings.